The molecule has 0 aliphatic heterocycles. The normalized spacial score (nSPS) is 11.0. The van der Waals surface area contributed by atoms with Crippen molar-refractivity contribution in [2.24, 2.45) is 5.73 Å². The van der Waals surface area contributed by atoms with Crippen molar-refractivity contribution in [1.82, 2.24) is 5.32 Å². The fraction of sp³-hybridized carbons (Fsp3) is 0.750. The number of rotatable bonds is 6. The van der Waals surface area contributed by atoms with Crippen LogP contribution in [0.4, 0.5) is 0 Å². The maximum atomic E-state index is 5.32. The number of nitrogens with one attached hydrogen (secondary N) is 1. The van der Waals surface area contributed by atoms with Crippen molar-refractivity contribution in [1.29, 1.82) is 0 Å². The van der Waals surface area contributed by atoms with E-state index in [0.29, 0.717) is 0 Å². The van der Waals surface area contributed by atoms with Crippen molar-refractivity contribution in [2.75, 3.05) is 19.6 Å². The average Bonchev–Trinajstić information content (AvgIpc) is 1.97. The average molecular weight is 142 g/mol. The van der Waals surface area contributed by atoms with Crippen LogP contribution >= 0.6 is 0 Å². The number of allylic oxidation sites excluding steroid dienone is 1. The van der Waals surface area contributed by atoms with Gasteiger partial charge in [0.05, 0.1) is 0 Å². The van der Waals surface area contributed by atoms with Gasteiger partial charge in [-0.15, -0.1) is 0 Å². The molecule has 3 N–H and O–H groups in total. The van der Waals surface area contributed by atoms with Gasteiger partial charge in [0.1, 0.15) is 0 Å². The van der Waals surface area contributed by atoms with E-state index in [4.69, 9.17) is 5.73 Å². The summed E-state index contributed by atoms with van der Waals surface area (Å²) < 4.78 is 0. The number of hydrogen-bond acceptors (Lipinski definition) is 2. The van der Waals surface area contributed by atoms with Crippen LogP contribution in [0.2, 0.25) is 0 Å². The van der Waals surface area contributed by atoms with E-state index in [9.17, 15) is 0 Å². The molecule has 0 rings (SSSR count). The predicted molar refractivity (Wildman–Crippen MR) is 46.0 cm³/mol. The van der Waals surface area contributed by atoms with Crippen LogP contribution in [-0.2, 0) is 0 Å². The maximum absolute atomic E-state index is 5.32. The summed E-state index contributed by atoms with van der Waals surface area (Å²) in [5, 5.41) is 3.29. The van der Waals surface area contributed by atoms with E-state index in [2.05, 4.69) is 17.5 Å². The Labute approximate surface area is 63.5 Å². The molecule has 0 aromatic rings. The smallest absolute Gasteiger partial charge is 0.00143 e. The quantitative estimate of drug-likeness (QED) is 0.427. The molecule has 0 saturated carbocycles. The molecule has 2 nitrogen and oxygen atoms in total. The Morgan fingerprint density at radius 3 is 2.80 bits per heavy atom. The fourth-order valence-electron chi connectivity index (χ4n) is 0.704. The van der Waals surface area contributed by atoms with Crippen molar-refractivity contribution in [2.45, 2.75) is 19.8 Å². The standard InChI is InChI=1S/C8H18N2/c1-2-3-4-7-10-8-5-6-9/h2-3,10H,4-9H2,1H3/b3-2+. The van der Waals surface area contributed by atoms with Crippen LogP contribution in [0, 0.1) is 0 Å². The van der Waals surface area contributed by atoms with Crippen molar-refractivity contribution in [3.63, 3.8) is 0 Å². The van der Waals surface area contributed by atoms with E-state index in [1.807, 2.05) is 6.92 Å². The van der Waals surface area contributed by atoms with E-state index >= 15 is 0 Å². The first-order valence-corrected chi connectivity index (χ1v) is 3.93. The van der Waals surface area contributed by atoms with Gasteiger partial charge < -0.3 is 11.1 Å². The highest BCUT2D eigenvalue weighted by molar-refractivity contribution is 4.77. The molecule has 0 aromatic carbocycles. The molecule has 0 aliphatic carbocycles. The first kappa shape index (κ1) is 9.66. The van der Waals surface area contributed by atoms with E-state index in [-0.39, 0.29) is 0 Å². The molecule has 0 amide bonds. The Kier molecular flexibility index (Phi) is 8.37. The van der Waals surface area contributed by atoms with Crippen LogP contribution in [0.1, 0.15) is 19.8 Å². The van der Waals surface area contributed by atoms with Crippen LogP contribution in [0.15, 0.2) is 12.2 Å². The molecule has 0 aromatic heterocycles. The molecule has 0 fully saturated rings. The molecule has 2 heteroatoms. The zero-order valence-electron chi connectivity index (χ0n) is 6.77. The Bertz CT molecular complexity index is 79.3. The van der Waals surface area contributed by atoms with Crippen molar-refractivity contribution in [3.05, 3.63) is 12.2 Å². The van der Waals surface area contributed by atoms with Gasteiger partial charge in [-0.05, 0) is 39.4 Å². The predicted octanol–water partition coefficient (Wildman–Crippen LogP) is 0.891. The SMILES string of the molecule is C/C=C/CCNCCCN. The van der Waals surface area contributed by atoms with Gasteiger partial charge in [0.2, 0.25) is 0 Å². The zero-order chi connectivity index (χ0) is 7.66. The lowest BCUT2D eigenvalue weighted by atomic mass is 10.3. The van der Waals surface area contributed by atoms with Gasteiger partial charge in [-0.2, -0.15) is 0 Å². The minimum atomic E-state index is 0.788. The fourth-order valence-corrected chi connectivity index (χ4v) is 0.704. The minimum absolute atomic E-state index is 0.788. The summed E-state index contributed by atoms with van der Waals surface area (Å²) in [7, 11) is 0. The van der Waals surface area contributed by atoms with E-state index in [1.165, 1.54) is 0 Å². The summed E-state index contributed by atoms with van der Waals surface area (Å²) in [6, 6.07) is 0. The summed E-state index contributed by atoms with van der Waals surface area (Å²) in [4.78, 5) is 0. The molecule has 0 heterocycles. The van der Waals surface area contributed by atoms with Crippen LogP contribution in [0.3, 0.4) is 0 Å². The second-order valence-corrected chi connectivity index (χ2v) is 2.25. The van der Waals surface area contributed by atoms with E-state index < -0.39 is 0 Å². The van der Waals surface area contributed by atoms with Crippen LogP contribution in [0.5, 0.6) is 0 Å². The molecule has 0 bridgehead atoms. The molecule has 60 valence electrons. The monoisotopic (exact) mass is 142 g/mol. The largest absolute Gasteiger partial charge is 0.330 e. The third kappa shape index (κ3) is 7.66. The summed E-state index contributed by atoms with van der Waals surface area (Å²) >= 11 is 0. The molecule has 10 heavy (non-hydrogen) atoms. The first-order valence-electron chi connectivity index (χ1n) is 3.93. The van der Waals surface area contributed by atoms with Crippen molar-refractivity contribution < 1.29 is 0 Å². The van der Waals surface area contributed by atoms with Crippen LogP contribution in [-0.4, -0.2) is 19.6 Å². The second kappa shape index (κ2) is 8.66. The molecular weight excluding hydrogens is 124 g/mol. The van der Waals surface area contributed by atoms with Gasteiger partial charge in [-0.25, -0.2) is 0 Å². The molecule has 0 atom stereocenters. The second-order valence-electron chi connectivity index (χ2n) is 2.25. The van der Waals surface area contributed by atoms with E-state index in [0.717, 1.165) is 32.5 Å². The molecule has 0 unspecified atom stereocenters. The van der Waals surface area contributed by atoms with Gasteiger partial charge in [-0.3, -0.25) is 0 Å². The Morgan fingerprint density at radius 2 is 2.20 bits per heavy atom. The van der Waals surface area contributed by atoms with Gasteiger partial charge in [0.25, 0.3) is 0 Å². The molecule has 0 aliphatic rings. The number of hydrogen-bond donors (Lipinski definition) is 2. The molecular formula is C8H18N2. The zero-order valence-corrected chi connectivity index (χ0v) is 6.77. The lowest BCUT2D eigenvalue weighted by Crippen LogP contribution is -2.18. The molecule has 0 radical (unpaired) electrons. The summed E-state index contributed by atoms with van der Waals surface area (Å²) in [6.07, 6.45) is 6.44. The van der Waals surface area contributed by atoms with Crippen molar-refractivity contribution >= 4 is 0 Å². The first-order chi connectivity index (χ1) is 4.91. The lowest BCUT2D eigenvalue weighted by molar-refractivity contribution is 0.659. The maximum Gasteiger partial charge on any atom is -0.00143 e. The summed E-state index contributed by atoms with van der Waals surface area (Å²) in [5.41, 5.74) is 5.32. The van der Waals surface area contributed by atoms with Crippen LogP contribution in [0.25, 0.3) is 0 Å². The Balaban J connectivity index is 2.77. The summed E-state index contributed by atoms with van der Waals surface area (Å²) in [5.74, 6) is 0. The van der Waals surface area contributed by atoms with Crippen molar-refractivity contribution in [3.8, 4) is 0 Å². The highest BCUT2D eigenvalue weighted by Crippen LogP contribution is 1.79. The highest BCUT2D eigenvalue weighted by atomic mass is 14.8. The summed E-state index contributed by atoms with van der Waals surface area (Å²) in [6.45, 7) is 4.95. The van der Waals surface area contributed by atoms with E-state index in [1.54, 1.807) is 0 Å². The Morgan fingerprint density at radius 1 is 1.40 bits per heavy atom. The topological polar surface area (TPSA) is 38.0 Å². The van der Waals surface area contributed by atoms with Gasteiger partial charge in [0, 0.05) is 0 Å². The van der Waals surface area contributed by atoms with Gasteiger partial charge >= 0.3 is 0 Å². The minimum Gasteiger partial charge on any atom is -0.330 e. The lowest BCUT2D eigenvalue weighted by Gasteiger charge is -1.99. The van der Waals surface area contributed by atoms with Gasteiger partial charge in [-0.1, -0.05) is 12.2 Å². The third-order valence-electron chi connectivity index (χ3n) is 1.28. The highest BCUT2D eigenvalue weighted by Gasteiger charge is 1.82. The van der Waals surface area contributed by atoms with Crippen LogP contribution < -0.4 is 11.1 Å². The molecule has 0 spiro atoms. The Hall–Kier alpha value is -0.340. The number of nitrogens with two attached hydrogens (primary N) is 1. The third-order valence-corrected chi connectivity index (χ3v) is 1.28. The van der Waals surface area contributed by atoms with Gasteiger partial charge in [0.15, 0.2) is 0 Å². The molecule has 0 saturated heterocycles.